The van der Waals surface area contributed by atoms with Gasteiger partial charge in [-0.05, 0) is 44.9 Å². The van der Waals surface area contributed by atoms with E-state index in [1.165, 1.54) is 366 Å². The molecule has 0 aromatic heterocycles. The Kier molecular flexibility index (Phi) is 69.2. The van der Waals surface area contributed by atoms with Crippen LogP contribution >= 0.6 is 0 Å². The number of hydrogen-bond acceptors (Lipinski definition) is 18. The van der Waals surface area contributed by atoms with Crippen LogP contribution in [0.4, 0.5) is 0 Å². The summed E-state index contributed by atoms with van der Waals surface area (Å²) in [5, 5.41) is 121. The van der Waals surface area contributed by atoms with Crippen molar-refractivity contribution in [1.82, 2.24) is 5.32 Å². The van der Waals surface area contributed by atoms with Gasteiger partial charge in [0.2, 0.25) is 5.91 Å². The summed E-state index contributed by atoms with van der Waals surface area (Å²) in [6, 6.07) is -0.973. The minimum Gasteiger partial charge on any atom is -0.394 e. The molecule has 3 fully saturated rings. The number of nitrogens with one attached hydrogen (secondary N) is 1. The molecule has 0 aliphatic carbocycles. The highest BCUT2D eigenvalue weighted by atomic mass is 16.8. The molecule has 17 unspecified atom stereocenters. The Balaban J connectivity index is 1.30. The van der Waals surface area contributed by atoms with Crippen molar-refractivity contribution in [2.24, 2.45) is 0 Å². The topological polar surface area (TPSA) is 307 Å². The molecule has 3 aliphatic rings. The van der Waals surface area contributed by atoms with E-state index in [0.717, 1.165) is 44.9 Å². The number of allylic oxidation sites excluding steroid dienone is 3. The van der Waals surface area contributed by atoms with E-state index in [4.69, 9.17) is 28.4 Å². The fourth-order valence-corrected chi connectivity index (χ4v) is 16.6. The van der Waals surface area contributed by atoms with Gasteiger partial charge in [0.1, 0.15) is 73.2 Å². The lowest BCUT2D eigenvalue weighted by molar-refractivity contribution is -0.379. The van der Waals surface area contributed by atoms with Gasteiger partial charge < -0.3 is 89.9 Å². The van der Waals surface area contributed by atoms with Crippen LogP contribution in [0.2, 0.25) is 0 Å². The van der Waals surface area contributed by atoms with Crippen molar-refractivity contribution in [1.29, 1.82) is 0 Å². The van der Waals surface area contributed by atoms with Crippen LogP contribution in [-0.4, -0.2) is 193 Å². The molecule has 3 saturated heterocycles. The molecule has 0 saturated carbocycles. The van der Waals surface area contributed by atoms with Crippen molar-refractivity contribution >= 4 is 5.91 Å². The second kappa shape index (κ2) is 74.1. The van der Waals surface area contributed by atoms with Gasteiger partial charge in [0.15, 0.2) is 18.9 Å². The van der Waals surface area contributed by atoms with Gasteiger partial charge in [-0.3, -0.25) is 4.79 Å². The van der Waals surface area contributed by atoms with Gasteiger partial charge in [0.25, 0.3) is 0 Å². The Morgan fingerprint density at radius 2 is 0.558 bits per heavy atom. The first-order valence-corrected chi connectivity index (χ1v) is 48.1. The van der Waals surface area contributed by atoms with Crippen LogP contribution in [0.1, 0.15) is 438 Å². The maximum atomic E-state index is 13.5. The zero-order valence-electron chi connectivity index (χ0n) is 72.4. The average molecular weight is 1610 g/mol. The van der Waals surface area contributed by atoms with E-state index in [9.17, 15) is 61.0 Å². The van der Waals surface area contributed by atoms with E-state index in [1.807, 2.05) is 6.08 Å². The SMILES string of the molecule is CCCCCCCCCC/C=C\CCCCCCCCCCCCCCCCCCCCCCCCCC(=O)NC(COC1OC(CO)C(OC2OC(CO)C(OC3OC(CO)C(O)C(O)C3O)C(O)C2O)C(O)C1O)C(O)/C=C/CCCCCCCCCCCCCCCCCCCCCCCCCCCCCCCCC. The highest BCUT2D eigenvalue weighted by molar-refractivity contribution is 5.76. The summed E-state index contributed by atoms with van der Waals surface area (Å²) in [5.74, 6) is -0.265. The van der Waals surface area contributed by atoms with Crippen LogP contribution in [0.3, 0.4) is 0 Å². The first kappa shape index (κ1) is 105. The molecular weight excluding hydrogens is 1430 g/mol. The molecule has 0 radical (unpaired) electrons. The lowest BCUT2D eigenvalue weighted by atomic mass is 9.96. The lowest BCUT2D eigenvalue weighted by Crippen LogP contribution is -2.66. The Bertz CT molecular complexity index is 2130. The predicted octanol–water partition coefficient (Wildman–Crippen LogP) is 19.2. The molecule has 1 amide bonds. The van der Waals surface area contributed by atoms with E-state index in [0.29, 0.717) is 6.42 Å². The Labute approximate surface area is 689 Å². The number of unbranched alkanes of at least 4 members (excludes halogenated alkanes) is 62. The number of rotatable bonds is 80. The zero-order chi connectivity index (χ0) is 81.7. The number of carbonyl (C=O) groups is 1. The third kappa shape index (κ3) is 52.3. The number of carbonyl (C=O) groups excluding carboxylic acids is 1. The molecule has 113 heavy (non-hydrogen) atoms. The van der Waals surface area contributed by atoms with Crippen LogP contribution in [0, 0.1) is 0 Å². The summed E-state index contributed by atoms with van der Waals surface area (Å²) < 4.78 is 34.6. The summed E-state index contributed by atoms with van der Waals surface area (Å²) in [5.41, 5.74) is 0. The van der Waals surface area contributed by atoms with Gasteiger partial charge >= 0.3 is 0 Å². The number of aliphatic hydroxyl groups excluding tert-OH is 11. The largest absolute Gasteiger partial charge is 0.394 e. The van der Waals surface area contributed by atoms with Gasteiger partial charge in [-0.1, -0.05) is 411 Å². The molecular formula is C94H179NO18. The fraction of sp³-hybridized carbons (Fsp3) is 0.947. The van der Waals surface area contributed by atoms with Crippen molar-refractivity contribution in [3.63, 3.8) is 0 Å². The Morgan fingerprint density at radius 1 is 0.310 bits per heavy atom. The molecule has 0 aromatic rings. The van der Waals surface area contributed by atoms with Gasteiger partial charge in [0, 0.05) is 6.42 Å². The average Bonchev–Trinajstić information content (AvgIpc) is 0.780. The summed E-state index contributed by atoms with van der Waals surface area (Å²) >= 11 is 0. The van der Waals surface area contributed by atoms with E-state index in [-0.39, 0.29) is 18.9 Å². The first-order chi connectivity index (χ1) is 55.3. The number of ether oxygens (including phenoxy) is 6. The molecule has 0 spiro atoms. The molecule has 12 N–H and O–H groups in total. The van der Waals surface area contributed by atoms with Gasteiger partial charge in [0.05, 0.1) is 38.6 Å². The number of hydrogen-bond donors (Lipinski definition) is 12. The van der Waals surface area contributed by atoms with Crippen molar-refractivity contribution in [2.45, 2.75) is 542 Å². The first-order valence-electron chi connectivity index (χ1n) is 48.1. The van der Waals surface area contributed by atoms with Crippen LogP contribution in [0.15, 0.2) is 24.3 Å². The third-order valence-corrected chi connectivity index (χ3v) is 24.2. The highest BCUT2D eigenvalue weighted by Crippen LogP contribution is 2.34. The Morgan fingerprint density at radius 3 is 0.858 bits per heavy atom. The smallest absolute Gasteiger partial charge is 0.220 e. The molecule has 19 nitrogen and oxygen atoms in total. The van der Waals surface area contributed by atoms with Crippen LogP contribution in [-0.2, 0) is 33.2 Å². The molecule has 0 aromatic carbocycles. The van der Waals surface area contributed by atoms with Crippen LogP contribution in [0.5, 0.6) is 0 Å². The predicted molar refractivity (Wildman–Crippen MR) is 457 cm³/mol. The molecule has 3 heterocycles. The summed E-state index contributed by atoms with van der Waals surface area (Å²) in [4.78, 5) is 13.5. The van der Waals surface area contributed by atoms with Crippen LogP contribution in [0.25, 0.3) is 0 Å². The number of aliphatic hydroxyl groups is 11. The highest BCUT2D eigenvalue weighted by Gasteiger charge is 2.54. The molecule has 3 rings (SSSR count). The second-order valence-corrected chi connectivity index (χ2v) is 34.5. The third-order valence-electron chi connectivity index (χ3n) is 24.2. The maximum Gasteiger partial charge on any atom is 0.220 e. The number of amides is 1. The van der Waals surface area contributed by atoms with Gasteiger partial charge in [-0.25, -0.2) is 0 Å². The molecule has 668 valence electrons. The van der Waals surface area contributed by atoms with E-state index in [1.54, 1.807) is 6.08 Å². The zero-order valence-corrected chi connectivity index (χ0v) is 72.4. The van der Waals surface area contributed by atoms with Gasteiger partial charge in [-0.2, -0.15) is 0 Å². The summed E-state index contributed by atoms with van der Waals surface area (Å²) in [7, 11) is 0. The van der Waals surface area contributed by atoms with E-state index in [2.05, 4.69) is 31.3 Å². The normalized spacial score (nSPS) is 24.8. The van der Waals surface area contributed by atoms with Crippen LogP contribution < -0.4 is 5.32 Å². The van der Waals surface area contributed by atoms with Crippen molar-refractivity contribution in [3.8, 4) is 0 Å². The standard InChI is InChI=1S/C94H179NO18/c1-3-5-7-9-11-13-15-17-19-21-23-25-27-29-31-33-35-37-38-40-42-44-46-48-50-52-54-56-58-60-62-64-66-68-70-72-82(100)95-77(78(99)71-69-67-65-63-61-59-57-55-53-51-49-47-45-43-41-39-36-34-32-30-28-26-24-22-20-18-16-14-12-10-8-6-4-2)76-108-92-88(106)85(103)90(80(74-97)110-92)113-94-89(107)86(104)91(81(75-98)111-94)112-93-87(105)84(102)83(101)79(73-96)109-93/h21,23,69,71,77-81,83-94,96-99,101-107H,3-20,22,24-68,70,72-76H2,1-2H3,(H,95,100)/b23-21-,71-69+. The van der Waals surface area contributed by atoms with Gasteiger partial charge in [-0.15, -0.1) is 0 Å². The maximum absolute atomic E-state index is 13.5. The minimum atomic E-state index is -1.98. The van der Waals surface area contributed by atoms with Crippen molar-refractivity contribution in [2.75, 3.05) is 26.4 Å². The lowest BCUT2D eigenvalue weighted by Gasteiger charge is -2.48. The van der Waals surface area contributed by atoms with Crippen molar-refractivity contribution in [3.05, 3.63) is 24.3 Å². The quantitative estimate of drug-likeness (QED) is 0.0199. The van der Waals surface area contributed by atoms with E-state index >= 15 is 0 Å². The minimum absolute atomic E-state index is 0.249. The van der Waals surface area contributed by atoms with E-state index < -0.39 is 124 Å². The molecule has 17 atom stereocenters. The molecule has 0 bridgehead atoms. The molecule has 3 aliphatic heterocycles. The van der Waals surface area contributed by atoms with Crippen molar-refractivity contribution < 1.29 is 89.4 Å². The summed E-state index contributed by atoms with van der Waals surface area (Å²) in [6.45, 7) is 1.82. The fourth-order valence-electron chi connectivity index (χ4n) is 16.6. The monoisotopic (exact) mass is 1610 g/mol. The molecule has 19 heteroatoms. The second-order valence-electron chi connectivity index (χ2n) is 34.5. The summed E-state index contributed by atoms with van der Waals surface area (Å²) in [6.07, 6.45) is 67.8. The Hall–Kier alpha value is -1.73.